The molecule has 1 aliphatic heterocycles. The number of carbonyl (C=O) groups is 1. The zero-order valence-corrected chi connectivity index (χ0v) is 10.7. The number of Topliss-reactive ketones (excluding diaryl/α,β-unsaturated/α-hetero) is 1. The summed E-state index contributed by atoms with van der Waals surface area (Å²) in [5.74, 6) is 0.793. The van der Waals surface area contributed by atoms with Crippen LogP contribution in [0, 0.1) is 0 Å². The fourth-order valence-corrected chi connectivity index (χ4v) is 2.24. The summed E-state index contributed by atoms with van der Waals surface area (Å²) in [7, 11) is 0. The highest BCUT2D eigenvalue weighted by atomic mass is 16.5. The summed E-state index contributed by atoms with van der Waals surface area (Å²) in [6.45, 7) is 2.29. The summed E-state index contributed by atoms with van der Waals surface area (Å²) in [5.41, 5.74) is 2.75. The van der Waals surface area contributed by atoms with Crippen molar-refractivity contribution < 1.29 is 9.53 Å². The molecule has 2 aromatic rings. The van der Waals surface area contributed by atoms with E-state index in [0.29, 0.717) is 5.56 Å². The lowest BCUT2D eigenvalue weighted by atomic mass is 10.1. The van der Waals surface area contributed by atoms with E-state index < -0.39 is 0 Å². The molecule has 2 aromatic carbocycles. The maximum atomic E-state index is 11.4. The molecule has 1 unspecified atom stereocenters. The minimum absolute atomic E-state index is 0.0177. The summed E-state index contributed by atoms with van der Waals surface area (Å²) < 4.78 is 5.99. The largest absolute Gasteiger partial charge is 0.482 e. The SMILES string of the molecule is CC(=O)c1ccc2c(c1)OC(c1ccccc1)CN2. The first-order valence-electron chi connectivity index (χ1n) is 6.34. The molecular formula is C16H15NO2. The Balaban J connectivity index is 1.90. The highest BCUT2D eigenvalue weighted by Gasteiger charge is 2.21. The van der Waals surface area contributed by atoms with Gasteiger partial charge in [0.05, 0.1) is 12.2 Å². The number of ketones is 1. The molecule has 0 radical (unpaired) electrons. The van der Waals surface area contributed by atoms with Crippen LogP contribution in [-0.4, -0.2) is 12.3 Å². The van der Waals surface area contributed by atoms with Gasteiger partial charge in [-0.3, -0.25) is 4.79 Å². The van der Waals surface area contributed by atoms with Gasteiger partial charge in [0.25, 0.3) is 0 Å². The second-order valence-electron chi connectivity index (χ2n) is 4.67. The predicted molar refractivity (Wildman–Crippen MR) is 74.7 cm³/mol. The van der Waals surface area contributed by atoms with E-state index in [1.54, 1.807) is 13.0 Å². The van der Waals surface area contributed by atoms with Gasteiger partial charge in [0.2, 0.25) is 0 Å². The third-order valence-electron chi connectivity index (χ3n) is 3.31. The molecule has 0 amide bonds. The Morgan fingerprint density at radius 1 is 1.21 bits per heavy atom. The molecule has 0 saturated carbocycles. The minimum atomic E-state index is -0.0177. The third kappa shape index (κ3) is 2.32. The van der Waals surface area contributed by atoms with Crippen LogP contribution in [0.15, 0.2) is 48.5 Å². The zero-order chi connectivity index (χ0) is 13.2. The van der Waals surface area contributed by atoms with Crippen LogP contribution >= 0.6 is 0 Å². The van der Waals surface area contributed by atoms with E-state index in [9.17, 15) is 4.79 Å². The predicted octanol–water partition coefficient (Wildman–Crippen LogP) is 3.43. The number of hydrogen-bond acceptors (Lipinski definition) is 3. The molecule has 3 rings (SSSR count). The number of ether oxygens (including phenoxy) is 1. The molecule has 3 nitrogen and oxygen atoms in total. The van der Waals surface area contributed by atoms with Gasteiger partial charge in [-0.15, -0.1) is 0 Å². The smallest absolute Gasteiger partial charge is 0.159 e. The number of rotatable bonds is 2. The average Bonchev–Trinajstić information content (AvgIpc) is 2.47. The van der Waals surface area contributed by atoms with Crippen LogP contribution in [0.25, 0.3) is 0 Å². The van der Waals surface area contributed by atoms with Crippen molar-refractivity contribution in [3.63, 3.8) is 0 Å². The molecule has 0 aromatic heterocycles. The van der Waals surface area contributed by atoms with E-state index in [1.165, 1.54) is 0 Å². The van der Waals surface area contributed by atoms with Crippen LogP contribution in [0.5, 0.6) is 5.75 Å². The lowest BCUT2D eigenvalue weighted by Gasteiger charge is -2.28. The van der Waals surface area contributed by atoms with Gasteiger partial charge in [0.1, 0.15) is 11.9 Å². The van der Waals surface area contributed by atoms with E-state index in [2.05, 4.69) is 5.32 Å². The summed E-state index contributed by atoms with van der Waals surface area (Å²) in [6.07, 6.45) is -0.0177. The molecular weight excluding hydrogens is 238 g/mol. The third-order valence-corrected chi connectivity index (χ3v) is 3.31. The minimum Gasteiger partial charge on any atom is -0.482 e. The second-order valence-corrected chi connectivity index (χ2v) is 4.67. The van der Waals surface area contributed by atoms with Crippen molar-refractivity contribution in [3.05, 3.63) is 59.7 Å². The first-order chi connectivity index (χ1) is 9.24. The van der Waals surface area contributed by atoms with Crippen LogP contribution in [0.4, 0.5) is 5.69 Å². The number of nitrogens with one attached hydrogen (secondary N) is 1. The number of fused-ring (bicyclic) bond motifs is 1. The van der Waals surface area contributed by atoms with Gasteiger partial charge in [0, 0.05) is 5.56 Å². The van der Waals surface area contributed by atoms with Crippen molar-refractivity contribution in [2.45, 2.75) is 13.0 Å². The maximum absolute atomic E-state index is 11.4. The van der Waals surface area contributed by atoms with Gasteiger partial charge in [-0.05, 0) is 30.7 Å². The zero-order valence-electron chi connectivity index (χ0n) is 10.7. The van der Waals surface area contributed by atoms with Crippen LogP contribution < -0.4 is 10.1 Å². The summed E-state index contributed by atoms with van der Waals surface area (Å²) in [6, 6.07) is 15.6. The second kappa shape index (κ2) is 4.76. The van der Waals surface area contributed by atoms with Crippen LogP contribution in [0.2, 0.25) is 0 Å². The monoisotopic (exact) mass is 253 g/mol. The van der Waals surface area contributed by atoms with Gasteiger partial charge < -0.3 is 10.1 Å². The number of anilines is 1. The van der Waals surface area contributed by atoms with Gasteiger partial charge in [0.15, 0.2) is 5.78 Å². The number of hydrogen-bond donors (Lipinski definition) is 1. The molecule has 1 aliphatic rings. The van der Waals surface area contributed by atoms with Crippen molar-refractivity contribution in [1.82, 2.24) is 0 Å². The van der Waals surface area contributed by atoms with Crippen molar-refractivity contribution in [2.75, 3.05) is 11.9 Å². The number of benzene rings is 2. The molecule has 1 N–H and O–H groups in total. The fraction of sp³-hybridized carbons (Fsp3) is 0.188. The van der Waals surface area contributed by atoms with Crippen LogP contribution in [0.3, 0.4) is 0 Å². The molecule has 96 valence electrons. The van der Waals surface area contributed by atoms with Gasteiger partial charge in [-0.25, -0.2) is 0 Å². The summed E-state index contributed by atoms with van der Waals surface area (Å²) in [5, 5.41) is 3.34. The Labute approximate surface area is 112 Å². The van der Waals surface area contributed by atoms with Crippen molar-refractivity contribution in [3.8, 4) is 5.75 Å². The van der Waals surface area contributed by atoms with Crippen LogP contribution in [-0.2, 0) is 0 Å². The summed E-state index contributed by atoms with van der Waals surface area (Å²) >= 11 is 0. The fourth-order valence-electron chi connectivity index (χ4n) is 2.24. The molecule has 0 saturated heterocycles. The van der Waals surface area contributed by atoms with E-state index in [1.807, 2.05) is 42.5 Å². The Morgan fingerprint density at radius 2 is 2.00 bits per heavy atom. The topological polar surface area (TPSA) is 38.3 Å². The first-order valence-corrected chi connectivity index (χ1v) is 6.34. The average molecular weight is 253 g/mol. The summed E-state index contributed by atoms with van der Waals surface area (Å²) in [4.78, 5) is 11.4. The van der Waals surface area contributed by atoms with Gasteiger partial charge in [-0.2, -0.15) is 0 Å². The highest BCUT2D eigenvalue weighted by Crippen LogP contribution is 2.34. The molecule has 3 heteroatoms. The van der Waals surface area contributed by atoms with E-state index in [0.717, 1.165) is 23.5 Å². The van der Waals surface area contributed by atoms with Crippen molar-refractivity contribution in [2.24, 2.45) is 0 Å². The molecule has 0 fully saturated rings. The Morgan fingerprint density at radius 3 is 2.74 bits per heavy atom. The van der Waals surface area contributed by atoms with Gasteiger partial charge in [-0.1, -0.05) is 30.3 Å². The van der Waals surface area contributed by atoms with E-state index in [-0.39, 0.29) is 11.9 Å². The first kappa shape index (κ1) is 11.8. The lowest BCUT2D eigenvalue weighted by molar-refractivity contribution is 0.101. The molecule has 1 heterocycles. The van der Waals surface area contributed by atoms with E-state index >= 15 is 0 Å². The molecule has 0 bridgehead atoms. The normalized spacial score (nSPS) is 17.0. The van der Waals surface area contributed by atoms with E-state index in [4.69, 9.17) is 4.74 Å². The molecule has 19 heavy (non-hydrogen) atoms. The van der Waals surface area contributed by atoms with Crippen molar-refractivity contribution >= 4 is 11.5 Å². The number of carbonyl (C=O) groups excluding carboxylic acids is 1. The lowest BCUT2D eigenvalue weighted by Crippen LogP contribution is -2.23. The van der Waals surface area contributed by atoms with Crippen molar-refractivity contribution in [1.29, 1.82) is 0 Å². The standard InChI is InChI=1S/C16H15NO2/c1-11(18)13-7-8-14-15(9-13)19-16(10-17-14)12-5-3-2-4-6-12/h2-9,16-17H,10H2,1H3. The highest BCUT2D eigenvalue weighted by molar-refractivity contribution is 5.95. The Hall–Kier alpha value is -2.29. The maximum Gasteiger partial charge on any atom is 0.159 e. The Bertz CT molecular complexity index is 607. The van der Waals surface area contributed by atoms with Crippen LogP contribution in [0.1, 0.15) is 28.9 Å². The molecule has 1 atom stereocenters. The quantitative estimate of drug-likeness (QED) is 0.833. The Kier molecular flexibility index (Phi) is 2.95. The molecule has 0 spiro atoms. The van der Waals surface area contributed by atoms with Gasteiger partial charge >= 0.3 is 0 Å². The molecule has 0 aliphatic carbocycles.